The van der Waals surface area contributed by atoms with E-state index in [4.69, 9.17) is 16.3 Å². The monoisotopic (exact) mass is 531 g/mol. The molecule has 1 aromatic carbocycles. The molecule has 0 saturated heterocycles. The Morgan fingerprint density at radius 2 is 1.94 bits per heavy atom. The zero-order chi connectivity index (χ0) is 25.6. The highest BCUT2D eigenvalue weighted by Crippen LogP contribution is 2.34. The fraction of sp³-hybridized carbons (Fsp3) is 0.0909. The molecule has 0 amide bonds. The number of methoxy groups -OCH3 is 1. The maximum atomic E-state index is 15.5. The summed E-state index contributed by atoms with van der Waals surface area (Å²) in [4.78, 5) is 10.7. The van der Waals surface area contributed by atoms with Gasteiger partial charge in [0.15, 0.2) is 16.5 Å². The first-order valence-corrected chi connectivity index (χ1v) is 12.1. The first-order valence-electron chi connectivity index (χ1n) is 10.2. The number of halogens is 3. The number of pyridine rings is 2. The molecule has 184 valence electrons. The quantitative estimate of drug-likeness (QED) is 0.335. The molecule has 14 heteroatoms. The van der Waals surface area contributed by atoms with Crippen molar-refractivity contribution in [2.75, 3.05) is 11.8 Å². The van der Waals surface area contributed by atoms with E-state index in [1.54, 1.807) is 17.4 Å². The molecular weight excluding hydrogens is 516 g/mol. The number of anilines is 1. The Hall–Kier alpha value is -4.10. The molecule has 2 N–H and O–H groups in total. The fourth-order valence-electron chi connectivity index (χ4n) is 3.63. The molecule has 0 aliphatic carbocycles. The van der Waals surface area contributed by atoms with Crippen LogP contribution >= 0.6 is 11.6 Å². The first kappa shape index (κ1) is 23.6. The summed E-state index contributed by atoms with van der Waals surface area (Å²) in [5, 5.41) is 7.96. The van der Waals surface area contributed by atoms with Crippen molar-refractivity contribution in [1.29, 1.82) is 0 Å². The molecule has 0 unspecified atom stereocenters. The number of hydrogen-bond donors (Lipinski definition) is 2. The van der Waals surface area contributed by atoms with Crippen LogP contribution in [0.5, 0.6) is 5.88 Å². The lowest BCUT2D eigenvalue weighted by atomic mass is 10.0. The van der Waals surface area contributed by atoms with Gasteiger partial charge in [0, 0.05) is 18.0 Å². The van der Waals surface area contributed by atoms with Crippen LogP contribution in [-0.2, 0) is 10.0 Å². The lowest BCUT2D eigenvalue weighted by molar-refractivity contribution is 0.385. The Kier molecular flexibility index (Phi) is 5.80. The van der Waals surface area contributed by atoms with Crippen LogP contribution in [0.15, 0.2) is 53.9 Å². The third-order valence-corrected chi connectivity index (χ3v) is 6.81. The largest absolute Gasteiger partial charge is 0.480 e. The zero-order valence-electron chi connectivity index (χ0n) is 18.6. The summed E-state index contributed by atoms with van der Waals surface area (Å²) in [5.74, 6) is -1.18. The Morgan fingerprint density at radius 1 is 1.14 bits per heavy atom. The number of nitrogens with zero attached hydrogens (tertiary/aromatic N) is 5. The minimum absolute atomic E-state index is 0.0323. The number of hydrogen-bond acceptors (Lipinski definition) is 7. The summed E-state index contributed by atoms with van der Waals surface area (Å²) in [6, 6.07) is 6.17. The summed E-state index contributed by atoms with van der Waals surface area (Å²) in [6.45, 7) is 1.75. The summed E-state index contributed by atoms with van der Waals surface area (Å²) in [5.41, 5.74) is 0.371. The highest BCUT2D eigenvalue weighted by Gasteiger charge is 2.25. The zero-order valence-corrected chi connectivity index (χ0v) is 20.2. The standard InChI is InChI=1S/C22H16ClF2N7O3S/c1-11-28-21(30-29-11)20-16-6-3-12(9-32(16)10-27-20)18-14(24)4-5-15(19(18)25)31-36(33,34)17-7-13(23)8-26-22(17)35-2/h3-10,31H,1-2H3,(H,28,29,30). The topological polar surface area (TPSA) is 127 Å². The molecule has 0 fully saturated rings. The van der Waals surface area contributed by atoms with Gasteiger partial charge in [0.1, 0.15) is 23.7 Å². The number of rotatable bonds is 6. The van der Waals surface area contributed by atoms with Crippen LogP contribution in [-0.4, -0.2) is 45.1 Å². The number of nitrogens with one attached hydrogen (secondary N) is 2. The number of aromatic nitrogens is 6. The predicted octanol–water partition coefficient (Wildman–Crippen LogP) is 4.23. The van der Waals surface area contributed by atoms with Crippen molar-refractivity contribution in [3.05, 3.63) is 71.5 Å². The minimum atomic E-state index is -4.39. The van der Waals surface area contributed by atoms with Crippen LogP contribution in [0.3, 0.4) is 0 Å². The molecule has 4 heterocycles. The summed E-state index contributed by atoms with van der Waals surface area (Å²) < 4.78 is 64.9. The van der Waals surface area contributed by atoms with E-state index in [-0.39, 0.29) is 16.5 Å². The number of benzene rings is 1. The molecule has 0 radical (unpaired) electrons. The number of aromatic amines is 1. The first-order chi connectivity index (χ1) is 17.2. The molecule has 0 aliphatic heterocycles. The van der Waals surface area contributed by atoms with Crippen LogP contribution in [0.2, 0.25) is 5.02 Å². The summed E-state index contributed by atoms with van der Waals surface area (Å²) in [7, 11) is -3.16. The summed E-state index contributed by atoms with van der Waals surface area (Å²) >= 11 is 5.88. The number of imidazole rings is 1. The highest BCUT2D eigenvalue weighted by atomic mass is 35.5. The smallest absolute Gasteiger partial charge is 0.267 e. The second-order valence-corrected chi connectivity index (χ2v) is 9.70. The van der Waals surface area contributed by atoms with Gasteiger partial charge in [-0.2, -0.15) is 0 Å². The van der Waals surface area contributed by atoms with Gasteiger partial charge in [0.25, 0.3) is 10.0 Å². The maximum Gasteiger partial charge on any atom is 0.267 e. The van der Waals surface area contributed by atoms with Crippen molar-refractivity contribution >= 4 is 32.8 Å². The number of aryl methyl sites for hydroxylation is 1. The van der Waals surface area contributed by atoms with Crippen LogP contribution in [0.25, 0.3) is 28.2 Å². The van der Waals surface area contributed by atoms with Gasteiger partial charge in [-0.25, -0.2) is 27.2 Å². The molecule has 5 rings (SSSR count). The third kappa shape index (κ3) is 4.12. The molecule has 0 spiro atoms. The van der Waals surface area contributed by atoms with Gasteiger partial charge in [-0.15, -0.1) is 10.2 Å². The minimum Gasteiger partial charge on any atom is -0.480 e. The average Bonchev–Trinajstić information content (AvgIpc) is 3.46. The van der Waals surface area contributed by atoms with Crippen molar-refractivity contribution < 1.29 is 21.9 Å². The fourth-order valence-corrected chi connectivity index (χ4v) is 5.06. The average molecular weight is 532 g/mol. The van der Waals surface area contributed by atoms with E-state index in [9.17, 15) is 12.8 Å². The van der Waals surface area contributed by atoms with E-state index in [1.807, 2.05) is 0 Å². The van der Waals surface area contributed by atoms with Gasteiger partial charge in [0.2, 0.25) is 5.88 Å². The Morgan fingerprint density at radius 3 is 2.67 bits per heavy atom. The molecular formula is C22H16ClF2N7O3S. The van der Waals surface area contributed by atoms with Crippen molar-refractivity contribution in [3.63, 3.8) is 0 Å². The molecule has 5 aromatic rings. The van der Waals surface area contributed by atoms with Crippen LogP contribution in [0, 0.1) is 18.6 Å². The van der Waals surface area contributed by atoms with Crippen molar-refractivity contribution in [2.45, 2.75) is 11.8 Å². The molecule has 0 bridgehead atoms. The molecule has 4 aromatic heterocycles. The Balaban J connectivity index is 1.55. The van der Waals surface area contributed by atoms with Gasteiger partial charge in [-0.1, -0.05) is 17.7 Å². The highest BCUT2D eigenvalue weighted by molar-refractivity contribution is 7.92. The van der Waals surface area contributed by atoms with E-state index in [0.29, 0.717) is 22.9 Å². The third-order valence-electron chi connectivity index (χ3n) is 5.25. The number of ether oxygens (including phenoxy) is 1. The second kappa shape index (κ2) is 8.84. The Bertz CT molecular complexity index is 1740. The van der Waals surface area contributed by atoms with Gasteiger partial charge >= 0.3 is 0 Å². The normalized spacial score (nSPS) is 11.7. The lowest BCUT2D eigenvalue weighted by Crippen LogP contribution is -2.16. The van der Waals surface area contributed by atoms with Gasteiger partial charge < -0.3 is 14.1 Å². The lowest BCUT2D eigenvalue weighted by Gasteiger charge is -2.14. The summed E-state index contributed by atoms with van der Waals surface area (Å²) in [6.07, 6.45) is 4.14. The van der Waals surface area contributed by atoms with E-state index in [0.717, 1.165) is 18.2 Å². The maximum absolute atomic E-state index is 15.5. The van der Waals surface area contributed by atoms with Crippen molar-refractivity contribution in [2.24, 2.45) is 0 Å². The predicted molar refractivity (Wildman–Crippen MR) is 127 cm³/mol. The van der Waals surface area contributed by atoms with E-state index >= 15 is 4.39 Å². The molecule has 0 atom stereocenters. The Labute approximate surface area is 208 Å². The second-order valence-electron chi connectivity index (χ2n) is 7.61. The SMILES string of the molecule is COc1ncc(Cl)cc1S(=O)(=O)Nc1ccc(F)c(-c2ccc3c(-c4nnc(C)[nH]4)ncn3c2)c1F. The van der Waals surface area contributed by atoms with Crippen LogP contribution in [0.1, 0.15) is 5.82 Å². The number of H-pyrrole nitrogens is 1. The molecule has 0 saturated carbocycles. The van der Waals surface area contributed by atoms with Crippen LogP contribution in [0.4, 0.5) is 14.5 Å². The van der Waals surface area contributed by atoms with Crippen molar-refractivity contribution in [1.82, 2.24) is 29.5 Å². The number of fused-ring (bicyclic) bond motifs is 1. The molecule has 0 aliphatic rings. The number of sulfonamides is 1. The van der Waals surface area contributed by atoms with Crippen molar-refractivity contribution in [3.8, 4) is 28.5 Å². The molecule has 36 heavy (non-hydrogen) atoms. The van der Waals surface area contributed by atoms with Gasteiger partial charge in [-0.05, 0) is 31.2 Å². The van der Waals surface area contributed by atoms with E-state index < -0.39 is 37.8 Å². The van der Waals surface area contributed by atoms with E-state index in [1.165, 1.54) is 31.9 Å². The van der Waals surface area contributed by atoms with Gasteiger partial charge in [-0.3, -0.25) is 4.72 Å². The van der Waals surface area contributed by atoms with Gasteiger partial charge in [0.05, 0.1) is 28.9 Å². The van der Waals surface area contributed by atoms with Crippen LogP contribution < -0.4 is 9.46 Å². The van der Waals surface area contributed by atoms with E-state index in [2.05, 4.69) is 29.9 Å². The molecule has 10 nitrogen and oxygen atoms in total.